The molecule has 0 atom stereocenters. The molecule has 4 nitrogen and oxygen atoms in total. The van der Waals surface area contributed by atoms with Crippen molar-refractivity contribution in [2.24, 2.45) is 0 Å². The first-order valence-corrected chi connectivity index (χ1v) is 9.07. The third-order valence-electron chi connectivity index (χ3n) is 3.55. The molecule has 0 fully saturated rings. The number of para-hydroxylation sites is 1. The number of ether oxygens (including phenoxy) is 1. The normalized spacial score (nSPS) is 11.5. The largest absolute Gasteiger partial charge is 0.487 e. The van der Waals surface area contributed by atoms with Gasteiger partial charge in [0.2, 0.25) is 5.91 Å². The predicted molar refractivity (Wildman–Crippen MR) is 102 cm³/mol. The van der Waals surface area contributed by atoms with Crippen LogP contribution < -0.4 is 10.1 Å². The Balaban J connectivity index is 1.55. The summed E-state index contributed by atoms with van der Waals surface area (Å²) in [6, 6.07) is 14.0. The number of thiazole rings is 1. The summed E-state index contributed by atoms with van der Waals surface area (Å²) in [5.41, 5.74) is 0.171. The highest BCUT2D eigenvalue weighted by atomic mass is 32.1. The average Bonchev–Trinajstić information content (AvgIpc) is 3.12. The Morgan fingerprint density at radius 3 is 2.68 bits per heavy atom. The van der Waals surface area contributed by atoms with Gasteiger partial charge in [0.05, 0.1) is 11.3 Å². The number of benzene rings is 2. The van der Waals surface area contributed by atoms with Crippen LogP contribution in [0.2, 0.25) is 0 Å². The fraction of sp³-hybridized carbons (Fsp3) is 0.100. The SMILES string of the molecule is O=C(/C=C/c1cccc(C(F)(F)F)c1)Nc1nc(COc2ccccc2)cs1. The number of hydrogen-bond donors (Lipinski definition) is 1. The van der Waals surface area contributed by atoms with Gasteiger partial charge in [-0.15, -0.1) is 11.3 Å². The van der Waals surface area contributed by atoms with Gasteiger partial charge in [-0.25, -0.2) is 4.98 Å². The number of carbonyl (C=O) groups is 1. The molecule has 0 aliphatic carbocycles. The van der Waals surface area contributed by atoms with Crippen LogP contribution in [0.4, 0.5) is 18.3 Å². The first kappa shape index (κ1) is 19.6. The van der Waals surface area contributed by atoms with Crippen molar-refractivity contribution in [3.8, 4) is 5.75 Å². The van der Waals surface area contributed by atoms with Crippen molar-refractivity contribution in [2.45, 2.75) is 12.8 Å². The number of anilines is 1. The van der Waals surface area contributed by atoms with Gasteiger partial charge in [-0.2, -0.15) is 13.2 Å². The molecule has 0 radical (unpaired) electrons. The fourth-order valence-electron chi connectivity index (χ4n) is 2.24. The van der Waals surface area contributed by atoms with Gasteiger partial charge in [-0.1, -0.05) is 30.3 Å². The standard InChI is InChI=1S/C20H15F3N2O2S/c21-20(22,23)15-6-4-5-14(11-15)9-10-18(26)25-19-24-16(13-28-19)12-27-17-7-2-1-3-8-17/h1-11,13H,12H2,(H,24,25,26)/b10-9+. The number of alkyl halides is 3. The van der Waals surface area contributed by atoms with E-state index in [4.69, 9.17) is 4.74 Å². The Kier molecular flexibility index (Phi) is 6.10. The zero-order valence-electron chi connectivity index (χ0n) is 14.4. The minimum Gasteiger partial charge on any atom is -0.487 e. The molecule has 3 rings (SSSR count). The smallest absolute Gasteiger partial charge is 0.416 e. The number of carbonyl (C=O) groups excluding carboxylic acids is 1. The number of nitrogens with one attached hydrogen (secondary N) is 1. The van der Waals surface area contributed by atoms with Gasteiger partial charge in [0, 0.05) is 11.5 Å². The zero-order valence-corrected chi connectivity index (χ0v) is 15.3. The Bertz CT molecular complexity index is 969. The minimum absolute atomic E-state index is 0.260. The van der Waals surface area contributed by atoms with Gasteiger partial charge in [0.25, 0.3) is 0 Å². The van der Waals surface area contributed by atoms with Crippen molar-refractivity contribution in [3.05, 3.63) is 82.9 Å². The highest BCUT2D eigenvalue weighted by molar-refractivity contribution is 7.13. The number of halogens is 3. The van der Waals surface area contributed by atoms with E-state index in [1.165, 1.54) is 29.5 Å². The summed E-state index contributed by atoms with van der Waals surface area (Å²) in [4.78, 5) is 16.2. The van der Waals surface area contributed by atoms with Crippen LogP contribution in [-0.2, 0) is 17.6 Å². The van der Waals surface area contributed by atoms with E-state index in [2.05, 4.69) is 10.3 Å². The van der Waals surface area contributed by atoms with Crippen LogP contribution >= 0.6 is 11.3 Å². The number of nitrogens with zero attached hydrogens (tertiary/aromatic N) is 1. The lowest BCUT2D eigenvalue weighted by Crippen LogP contribution is -2.08. The Labute approximate surface area is 163 Å². The van der Waals surface area contributed by atoms with Gasteiger partial charge in [0.15, 0.2) is 5.13 Å². The third-order valence-corrected chi connectivity index (χ3v) is 4.36. The monoisotopic (exact) mass is 404 g/mol. The van der Waals surface area contributed by atoms with E-state index in [9.17, 15) is 18.0 Å². The maximum absolute atomic E-state index is 12.7. The van der Waals surface area contributed by atoms with Gasteiger partial charge in [0.1, 0.15) is 12.4 Å². The van der Waals surface area contributed by atoms with E-state index >= 15 is 0 Å². The van der Waals surface area contributed by atoms with Crippen LogP contribution in [-0.4, -0.2) is 10.9 Å². The number of aromatic nitrogens is 1. The van der Waals surface area contributed by atoms with Crippen molar-refractivity contribution < 1.29 is 22.7 Å². The molecule has 144 valence electrons. The topological polar surface area (TPSA) is 51.2 Å². The number of amides is 1. The molecule has 0 aliphatic heterocycles. The first-order chi connectivity index (χ1) is 13.4. The van der Waals surface area contributed by atoms with Crippen LogP contribution in [0.3, 0.4) is 0 Å². The molecule has 0 saturated carbocycles. The summed E-state index contributed by atoms with van der Waals surface area (Å²) in [5.74, 6) is 0.229. The molecule has 3 aromatic rings. The second kappa shape index (κ2) is 8.71. The number of rotatable bonds is 6. The second-order valence-electron chi connectivity index (χ2n) is 5.69. The molecule has 0 saturated heterocycles. The highest BCUT2D eigenvalue weighted by Crippen LogP contribution is 2.29. The van der Waals surface area contributed by atoms with Gasteiger partial charge in [-0.3, -0.25) is 10.1 Å². The highest BCUT2D eigenvalue weighted by Gasteiger charge is 2.30. The van der Waals surface area contributed by atoms with Crippen molar-refractivity contribution in [2.75, 3.05) is 5.32 Å². The van der Waals surface area contributed by atoms with Gasteiger partial charge in [-0.05, 0) is 35.9 Å². The lowest BCUT2D eigenvalue weighted by atomic mass is 10.1. The van der Waals surface area contributed by atoms with Crippen LogP contribution in [0.15, 0.2) is 66.1 Å². The van der Waals surface area contributed by atoms with Crippen molar-refractivity contribution in [1.29, 1.82) is 0 Å². The maximum atomic E-state index is 12.7. The molecule has 1 amide bonds. The predicted octanol–water partition coefficient (Wildman–Crippen LogP) is 5.39. The summed E-state index contributed by atoms with van der Waals surface area (Å²) in [7, 11) is 0. The van der Waals surface area contributed by atoms with Gasteiger partial charge < -0.3 is 4.74 Å². The molecule has 28 heavy (non-hydrogen) atoms. The Hall–Kier alpha value is -3.13. The average molecular weight is 404 g/mol. The van der Waals surface area contributed by atoms with E-state index in [-0.39, 0.29) is 12.2 Å². The zero-order chi connectivity index (χ0) is 20.0. The lowest BCUT2D eigenvalue weighted by Gasteiger charge is -2.06. The van der Waals surface area contributed by atoms with Crippen LogP contribution in [0.5, 0.6) is 5.75 Å². The van der Waals surface area contributed by atoms with Crippen LogP contribution in [0, 0.1) is 0 Å². The van der Waals surface area contributed by atoms with Crippen LogP contribution in [0.25, 0.3) is 6.08 Å². The van der Waals surface area contributed by atoms with Crippen LogP contribution in [0.1, 0.15) is 16.8 Å². The van der Waals surface area contributed by atoms with E-state index in [0.717, 1.165) is 18.2 Å². The summed E-state index contributed by atoms with van der Waals surface area (Å²) in [5, 5.41) is 4.72. The molecular formula is C20H15F3N2O2S. The molecular weight excluding hydrogens is 389 g/mol. The maximum Gasteiger partial charge on any atom is 0.416 e. The summed E-state index contributed by atoms with van der Waals surface area (Å²) in [6.45, 7) is 0.260. The van der Waals surface area contributed by atoms with E-state index in [0.29, 0.717) is 16.6 Å². The molecule has 0 aliphatic rings. The summed E-state index contributed by atoms with van der Waals surface area (Å²) in [6.07, 6.45) is -1.94. The number of hydrogen-bond acceptors (Lipinski definition) is 4. The van der Waals surface area contributed by atoms with Crippen molar-refractivity contribution >= 4 is 28.5 Å². The Morgan fingerprint density at radius 2 is 1.93 bits per heavy atom. The molecule has 1 heterocycles. The summed E-state index contributed by atoms with van der Waals surface area (Å²) >= 11 is 1.23. The van der Waals surface area contributed by atoms with Crippen molar-refractivity contribution in [3.63, 3.8) is 0 Å². The van der Waals surface area contributed by atoms with E-state index in [1.807, 2.05) is 30.3 Å². The molecule has 0 spiro atoms. The lowest BCUT2D eigenvalue weighted by molar-refractivity contribution is -0.137. The van der Waals surface area contributed by atoms with Gasteiger partial charge >= 0.3 is 6.18 Å². The van der Waals surface area contributed by atoms with E-state index in [1.54, 1.807) is 5.38 Å². The molecule has 0 bridgehead atoms. The van der Waals surface area contributed by atoms with Crippen molar-refractivity contribution in [1.82, 2.24) is 4.98 Å². The van der Waals surface area contributed by atoms with E-state index < -0.39 is 17.6 Å². The molecule has 2 aromatic carbocycles. The molecule has 1 aromatic heterocycles. The second-order valence-corrected chi connectivity index (χ2v) is 6.55. The molecule has 0 unspecified atom stereocenters. The quantitative estimate of drug-likeness (QED) is 0.560. The third kappa shape index (κ3) is 5.68. The molecule has 8 heteroatoms. The fourth-order valence-corrected chi connectivity index (χ4v) is 2.94. The Morgan fingerprint density at radius 1 is 1.14 bits per heavy atom. The minimum atomic E-state index is -4.43. The summed E-state index contributed by atoms with van der Waals surface area (Å²) < 4.78 is 43.7. The first-order valence-electron chi connectivity index (χ1n) is 8.19. The molecule has 1 N–H and O–H groups in total.